The van der Waals surface area contributed by atoms with Crippen molar-refractivity contribution in [2.75, 3.05) is 0 Å². The number of benzene rings is 5. The first-order valence-corrected chi connectivity index (χ1v) is 11.7. The molecule has 0 fully saturated rings. The summed E-state index contributed by atoms with van der Waals surface area (Å²) in [5, 5.41) is 22.2. The number of hydrogen-bond donors (Lipinski definition) is 2. The zero-order valence-corrected chi connectivity index (χ0v) is 19.7. The molecule has 5 aromatic carbocycles. The van der Waals surface area contributed by atoms with Crippen LogP contribution < -0.4 is 0 Å². The predicted molar refractivity (Wildman–Crippen MR) is 139 cm³/mol. The Labute approximate surface area is 212 Å². The average Bonchev–Trinajstić information content (AvgIpc) is 2.91. The van der Waals surface area contributed by atoms with Crippen molar-refractivity contribution in [1.29, 1.82) is 0 Å². The molecule has 2 N–H and O–H groups in total. The Hall–Kier alpha value is -4.51. The largest absolute Gasteiger partial charge is 0.508 e. The number of phenolic OH excluding ortho intramolecular Hbond substituents is 2. The van der Waals surface area contributed by atoms with E-state index >= 15 is 13.2 Å². The fraction of sp³-hybridized carbons (Fsp3) is 0.0625. The van der Waals surface area contributed by atoms with Gasteiger partial charge in [0.05, 0.1) is 0 Å². The zero-order chi connectivity index (χ0) is 26.0. The van der Waals surface area contributed by atoms with Crippen molar-refractivity contribution < 1.29 is 23.4 Å². The standard InChI is InChI=1S/C32H23F3O2/c33-32(34,35)31(26-14-8-3-9-15-26,27-18-16-24(20-29(27)36)22-10-4-1-5-11-22)28-19-17-25(21-30(28)37)23-12-6-2-7-13-23/h1-21,36-37H. The first-order chi connectivity index (χ1) is 17.8. The summed E-state index contributed by atoms with van der Waals surface area (Å²) in [5.41, 5.74) is -1.000. The van der Waals surface area contributed by atoms with Crippen molar-refractivity contribution in [1.82, 2.24) is 0 Å². The van der Waals surface area contributed by atoms with Crippen molar-refractivity contribution in [2.45, 2.75) is 11.6 Å². The highest BCUT2D eigenvalue weighted by Crippen LogP contribution is 2.56. The second-order valence-electron chi connectivity index (χ2n) is 8.81. The highest BCUT2D eigenvalue weighted by atomic mass is 19.4. The van der Waals surface area contributed by atoms with E-state index in [2.05, 4.69) is 0 Å². The summed E-state index contributed by atoms with van der Waals surface area (Å²) in [4.78, 5) is 0. The SMILES string of the molecule is Oc1cc(-c2ccccc2)ccc1C(c1ccccc1)(c1ccc(-c2ccccc2)cc1O)C(F)(F)F. The lowest BCUT2D eigenvalue weighted by Crippen LogP contribution is -2.44. The van der Waals surface area contributed by atoms with Gasteiger partial charge in [-0.1, -0.05) is 115 Å². The third kappa shape index (κ3) is 4.23. The molecule has 0 spiro atoms. The fourth-order valence-corrected chi connectivity index (χ4v) is 4.93. The molecule has 0 radical (unpaired) electrons. The molecule has 0 aliphatic rings. The van der Waals surface area contributed by atoms with Gasteiger partial charge in [0.15, 0.2) is 0 Å². The number of halogens is 3. The number of aromatic hydroxyl groups is 2. The second-order valence-corrected chi connectivity index (χ2v) is 8.81. The van der Waals surface area contributed by atoms with E-state index in [9.17, 15) is 10.2 Å². The minimum absolute atomic E-state index is 0.118. The Kier molecular flexibility index (Phi) is 6.22. The van der Waals surface area contributed by atoms with Crippen LogP contribution in [0.4, 0.5) is 13.2 Å². The first kappa shape index (κ1) is 24.2. The molecule has 5 rings (SSSR count). The summed E-state index contributed by atoms with van der Waals surface area (Å²) in [5.74, 6) is -1.04. The van der Waals surface area contributed by atoms with E-state index < -0.39 is 23.1 Å². The van der Waals surface area contributed by atoms with Gasteiger partial charge in [-0.2, -0.15) is 13.2 Å². The van der Waals surface area contributed by atoms with Gasteiger partial charge in [-0.05, 0) is 39.9 Å². The highest BCUT2D eigenvalue weighted by Gasteiger charge is 2.60. The number of phenols is 2. The molecule has 0 amide bonds. The Morgan fingerprint density at radius 2 is 0.811 bits per heavy atom. The van der Waals surface area contributed by atoms with Crippen LogP contribution in [0.2, 0.25) is 0 Å². The van der Waals surface area contributed by atoms with Crippen molar-refractivity contribution in [3.05, 3.63) is 144 Å². The molecule has 2 nitrogen and oxygen atoms in total. The zero-order valence-electron chi connectivity index (χ0n) is 19.7. The summed E-state index contributed by atoms with van der Waals surface area (Å²) in [6, 6.07) is 34.0. The van der Waals surface area contributed by atoms with Crippen molar-refractivity contribution in [3.63, 3.8) is 0 Å². The molecule has 0 atom stereocenters. The third-order valence-corrected chi connectivity index (χ3v) is 6.65. The van der Waals surface area contributed by atoms with Gasteiger partial charge < -0.3 is 10.2 Å². The average molecular weight is 497 g/mol. The van der Waals surface area contributed by atoms with E-state index in [-0.39, 0.29) is 16.7 Å². The van der Waals surface area contributed by atoms with Crippen LogP contribution in [0.15, 0.2) is 127 Å². The fourth-order valence-electron chi connectivity index (χ4n) is 4.93. The molecule has 0 aliphatic heterocycles. The number of hydrogen-bond acceptors (Lipinski definition) is 2. The first-order valence-electron chi connectivity index (χ1n) is 11.7. The van der Waals surface area contributed by atoms with E-state index in [0.717, 1.165) is 11.1 Å². The molecule has 0 saturated heterocycles. The summed E-state index contributed by atoms with van der Waals surface area (Å²) in [6.07, 6.45) is -4.91. The number of rotatable bonds is 5. The normalized spacial score (nSPS) is 11.9. The minimum Gasteiger partial charge on any atom is -0.508 e. The molecule has 0 aliphatic carbocycles. The molecule has 37 heavy (non-hydrogen) atoms. The minimum atomic E-state index is -4.91. The van der Waals surface area contributed by atoms with Gasteiger partial charge in [0.25, 0.3) is 0 Å². The van der Waals surface area contributed by atoms with Crippen LogP contribution in [-0.2, 0) is 5.41 Å². The van der Waals surface area contributed by atoms with Crippen molar-refractivity contribution >= 4 is 0 Å². The Balaban J connectivity index is 1.78. The highest BCUT2D eigenvalue weighted by molar-refractivity contribution is 5.71. The maximum atomic E-state index is 15.4. The molecular weight excluding hydrogens is 473 g/mol. The van der Waals surface area contributed by atoms with E-state index in [1.54, 1.807) is 18.2 Å². The van der Waals surface area contributed by atoms with E-state index in [1.807, 2.05) is 60.7 Å². The lowest BCUT2D eigenvalue weighted by Gasteiger charge is -2.38. The molecular formula is C32H23F3O2. The maximum Gasteiger partial charge on any atom is 0.406 e. The van der Waals surface area contributed by atoms with Crippen LogP contribution in [-0.4, -0.2) is 16.4 Å². The second kappa shape index (κ2) is 9.51. The number of alkyl halides is 3. The smallest absolute Gasteiger partial charge is 0.406 e. The molecule has 0 heterocycles. The summed E-state index contributed by atoms with van der Waals surface area (Å²) in [6.45, 7) is 0. The topological polar surface area (TPSA) is 40.5 Å². The lowest BCUT2D eigenvalue weighted by atomic mass is 9.67. The van der Waals surface area contributed by atoms with Gasteiger partial charge in [-0.3, -0.25) is 0 Å². The third-order valence-electron chi connectivity index (χ3n) is 6.65. The van der Waals surface area contributed by atoms with Gasteiger partial charge >= 0.3 is 6.18 Å². The van der Waals surface area contributed by atoms with Gasteiger partial charge in [-0.15, -0.1) is 0 Å². The lowest BCUT2D eigenvalue weighted by molar-refractivity contribution is -0.167. The van der Waals surface area contributed by atoms with Crippen LogP contribution in [0.25, 0.3) is 22.3 Å². The Morgan fingerprint density at radius 1 is 0.432 bits per heavy atom. The van der Waals surface area contributed by atoms with Crippen molar-refractivity contribution in [2.24, 2.45) is 0 Å². The van der Waals surface area contributed by atoms with Crippen LogP contribution in [0.5, 0.6) is 11.5 Å². The molecule has 0 aromatic heterocycles. The monoisotopic (exact) mass is 496 g/mol. The molecule has 5 aromatic rings. The molecule has 0 bridgehead atoms. The van der Waals surface area contributed by atoms with Crippen molar-refractivity contribution in [3.8, 4) is 33.8 Å². The summed E-state index contributed by atoms with van der Waals surface area (Å²) < 4.78 is 46.3. The van der Waals surface area contributed by atoms with Gasteiger partial charge in [0, 0.05) is 11.1 Å². The predicted octanol–water partition coefficient (Wildman–Crippen LogP) is 8.33. The van der Waals surface area contributed by atoms with E-state index in [0.29, 0.717) is 11.1 Å². The van der Waals surface area contributed by atoms with Crippen LogP contribution >= 0.6 is 0 Å². The molecule has 0 saturated carbocycles. The van der Waals surface area contributed by atoms with Gasteiger partial charge in [0.2, 0.25) is 0 Å². The quantitative estimate of drug-likeness (QED) is 0.240. The van der Waals surface area contributed by atoms with Crippen LogP contribution in [0, 0.1) is 0 Å². The Morgan fingerprint density at radius 3 is 1.16 bits per heavy atom. The Bertz CT molecular complexity index is 1420. The molecule has 0 unspecified atom stereocenters. The van der Waals surface area contributed by atoms with E-state index in [4.69, 9.17) is 0 Å². The molecule has 184 valence electrons. The maximum absolute atomic E-state index is 15.4. The van der Waals surface area contributed by atoms with E-state index in [1.165, 1.54) is 48.5 Å². The summed E-state index contributed by atoms with van der Waals surface area (Å²) >= 11 is 0. The van der Waals surface area contributed by atoms with Gasteiger partial charge in [-0.25, -0.2) is 0 Å². The van der Waals surface area contributed by atoms with Gasteiger partial charge in [0.1, 0.15) is 16.9 Å². The summed E-state index contributed by atoms with van der Waals surface area (Å²) in [7, 11) is 0. The molecule has 5 heteroatoms. The van der Waals surface area contributed by atoms with Crippen LogP contribution in [0.1, 0.15) is 16.7 Å². The van der Waals surface area contributed by atoms with Crippen LogP contribution in [0.3, 0.4) is 0 Å².